The summed E-state index contributed by atoms with van der Waals surface area (Å²) >= 11 is 0. The van der Waals surface area contributed by atoms with Crippen LogP contribution in [0.5, 0.6) is 0 Å². The van der Waals surface area contributed by atoms with Crippen molar-refractivity contribution in [3.63, 3.8) is 0 Å². The smallest absolute Gasteiger partial charge is 0.221 e. The van der Waals surface area contributed by atoms with Crippen LogP contribution in [0.3, 0.4) is 0 Å². The molecule has 1 aliphatic rings. The first kappa shape index (κ1) is 14.8. The van der Waals surface area contributed by atoms with Crippen LogP contribution in [-0.4, -0.2) is 25.0 Å². The van der Waals surface area contributed by atoms with Gasteiger partial charge in [-0.15, -0.1) is 12.4 Å². The molecule has 1 heterocycles. The largest absolute Gasteiger partial charge is 0.381 e. The lowest BCUT2D eigenvalue weighted by Gasteiger charge is -2.25. The average Bonchev–Trinajstić information content (AvgIpc) is 2.30. The minimum Gasteiger partial charge on any atom is -0.381 e. The van der Waals surface area contributed by atoms with Gasteiger partial charge in [0.25, 0.3) is 0 Å². The van der Waals surface area contributed by atoms with Gasteiger partial charge in [0.15, 0.2) is 0 Å². The zero-order chi connectivity index (χ0) is 12.1. The second kappa shape index (κ2) is 7.24. The highest BCUT2D eigenvalue weighted by Crippen LogP contribution is 2.17. The van der Waals surface area contributed by atoms with Gasteiger partial charge in [0.1, 0.15) is 0 Å². The highest BCUT2D eigenvalue weighted by Gasteiger charge is 2.12. The molecule has 1 saturated heterocycles. The van der Waals surface area contributed by atoms with Gasteiger partial charge in [-0.05, 0) is 37.6 Å². The van der Waals surface area contributed by atoms with Gasteiger partial charge in [-0.25, -0.2) is 0 Å². The van der Waals surface area contributed by atoms with Gasteiger partial charge in [0, 0.05) is 30.9 Å². The van der Waals surface area contributed by atoms with E-state index in [1.807, 2.05) is 24.3 Å². The van der Waals surface area contributed by atoms with Crippen LogP contribution in [0.2, 0.25) is 0 Å². The number of hydrogen-bond donors (Lipinski definition) is 3. The lowest BCUT2D eigenvalue weighted by Crippen LogP contribution is -2.38. The van der Waals surface area contributed by atoms with Crippen molar-refractivity contribution >= 4 is 29.7 Å². The van der Waals surface area contributed by atoms with E-state index in [-0.39, 0.29) is 18.3 Å². The summed E-state index contributed by atoms with van der Waals surface area (Å²) in [5.41, 5.74) is 1.90. The van der Waals surface area contributed by atoms with Gasteiger partial charge in [-0.3, -0.25) is 4.79 Å². The molecule has 0 bridgehead atoms. The van der Waals surface area contributed by atoms with Crippen LogP contribution in [0.1, 0.15) is 19.8 Å². The summed E-state index contributed by atoms with van der Waals surface area (Å²) in [5.74, 6) is -0.0403. The van der Waals surface area contributed by atoms with E-state index in [0.717, 1.165) is 24.5 Å². The number of halogens is 1. The van der Waals surface area contributed by atoms with Crippen LogP contribution in [0.25, 0.3) is 0 Å². The van der Waals surface area contributed by atoms with E-state index in [1.54, 1.807) is 0 Å². The Kier molecular flexibility index (Phi) is 5.95. The molecule has 5 heteroatoms. The Balaban J connectivity index is 0.00000162. The van der Waals surface area contributed by atoms with Crippen molar-refractivity contribution in [3.8, 4) is 0 Å². The highest BCUT2D eigenvalue weighted by molar-refractivity contribution is 5.89. The fraction of sp³-hybridized carbons (Fsp3) is 0.462. The number of piperidine rings is 1. The van der Waals surface area contributed by atoms with E-state index >= 15 is 0 Å². The van der Waals surface area contributed by atoms with Crippen LogP contribution in [0, 0.1) is 0 Å². The molecule has 0 aliphatic carbocycles. The van der Waals surface area contributed by atoms with Crippen molar-refractivity contribution in [1.82, 2.24) is 5.32 Å². The van der Waals surface area contributed by atoms with Crippen LogP contribution in [-0.2, 0) is 4.79 Å². The van der Waals surface area contributed by atoms with Gasteiger partial charge in [-0.1, -0.05) is 6.07 Å². The maximum absolute atomic E-state index is 11.0. The molecule has 2 rings (SSSR count). The minimum absolute atomic E-state index is 0. The Morgan fingerprint density at radius 3 is 2.83 bits per heavy atom. The average molecular weight is 270 g/mol. The van der Waals surface area contributed by atoms with E-state index in [9.17, 15) is 4.79 Å². The second-order valence-electron chi connectivity index (χ2n) is 4.45. The fourth-order valence-electron chi connectivity index (χ4n) is 2.10. The first-order chi connectivity index (χ1) is 8.24. The van der Waals surface area contributed by atoms with Crippen LogP contribution in [0.15, 0.2) is 24.3 Å². The molecule has 3 N–H and O–H groups in total. The first-order valence-corrected chi connectivity index (χ1v) is 6.09. The fourth-order valence-corrected chi connectivity index (χ4v) is 2.10. The predicted octanol–water partition coefficient (Wildman–Crippen LogP) is 2.23. The third kappa shape index (κ3) is 4.55. The van der Waals surface area contributed by atoms with Gasteiger partial charge < -0.3 is 16.0 Å². The van der Waals surface area contributed by atoms with Crippen molar-refractivity contribution in [2.24, 2.45) is 0 Å². The molecule has 0 aromatic heterocycles. The molecule has 1 aromatic carbocycles. The summed E-state index contributed by atoms with van der Waals surface area (Å²) in [4.78, 5) is 11.0. The van der Waals surface area contributed by atoms with E-state index in [2.05, 4.69) is 16.0 Å². The molecule has 4 nitrogen and oxygen atoms in total. The molecule has 1 atom stereocenters. The van der Waals surface area contributed by atoms with E-state index in [0.29, 0.717) is 6.04 Å². The molecule has 18 heavy (non-hydrogen) atoms. The predicted molar refractivity (Wildman–Crippen MR) is 77.5 cm³/mol. The van der Waals surface area contributed by atoms with Crippen molar-refractivity contribution in [2.75, 3.05) is 23.7 Å². The quantitative estimate of drug-likeness (QED) is 0.789. The van der Waals surface area contributed by atoms with Crippen molar-refractivity contribution in [3.05, 3.63) is 24.3 Å². The minimum atomic E-state index is -0.0403. The van der Waals surface area contributed by atoms with Gasteiger partial charge in [0.05, 0.1) is 0 Å². The number of hydrogen-bond acceptors (Lipinski definition) is 3. The van der Waals surface area contributed by atoms with E-state index < -0.39 is 0 Å². The topological polar surface area (TPSA) is 53.2 Å². The molecule has 1 fully saturated rings. The number of nitrogens with one attached hydrogen (secondary N) is 3. The number of amides is 1. The van der Waals surface area contributed by atoms with Gasteiger partial charge >= 0.3 is 0 Å². The van der Waals surface area contributed by atoms with Crippen LogP contribution < -0.4 is 16.0 Å². The Bertz CT molecular complexity index is 392. The van der Waals surface area contributed by atoms with E-state index in [4.69, 9.17) is 0 Å². The molecule has 0 spiro atoms. The molecular formula is C13H20ClN3O. The molecule has 100 valence electrons. The number of rotatable bonds is 3. The standard InChI is InChI=1S/C13H19N3O.ClH/c1-10(17)15-11-4-2-5-12(8-11)16-13-6-3-7-14-9-13;/h2,4-5,8,13-14,16H,3,6-7,9H2,1H3,(H,15,17);1H. The van der Waals surface area contributed by atoms with Crippen molar-refractivity contribution in [2.45, 2.75) is 25.8 Å². The Labute approximate surface area is 114 Å². The molecule has 1 amide bonds. The van der Waals surface area contributed by atoms with Crippen LogP contribution in [0.4, 0.5) is 11.4 Å². The molecule has 0 radical (unpaired) electrons. The normalized spacial score (nSPS) is 18.6. The third-order valence-electron chi connectivity index (χ3n) is 2.85. The summed E-state index contributed by atoms with van der Waals surface area (Å²) in [7, 11) is 0. The number of benzene rings is 1. The summed E-state index contributed by atoms with van der Waals surface area (Å²) < 4.78 is 0. The molecule has 1 unspecified atom stereocenters. The molecule has 0 saturated carbocycles. The number of carbonyl (C=O) groups is 1. The van der Waals surface area contributed by atoms with E-state index in [1.165, 1.54) is 19.8 Å². The van der Waals surface area contributed by atoms with Crippen molar-refractivity contribution in [1.29, 1.82) is 0 Å². The van der Waals surface area contributed by atoms with Crippen LogP contribution >= 0.6 is 12.4 Å². The summed E-state index contributed by atoms with van der Waals surface area (Å²) in [5, 5.41) is 9.64. The van der Waals surface area contributed by atoms with Gasteiger partial charge in [0.2, 0.25) is 5.91 Å². The SMILES string of the molecule is CC(=O)Nc1cccc(NC2CCCNC2)c1.Cl. The maximum Gasteiger partial charge on any atom is 0.221 e. The maximum atomic E-state index is 11.0. The monoisotopic (exact) mass is 269 g/mol. The zero-order valence-corrected chi connectivity index (χ0v) is 11.3. The molecule has 1 aromatic rings. The Morgan fingerprint density at radius 2 is 2.17 bits per heavy atom. The third-order valence-corrected chi connectivity index (χ3v) is 2.85. The zero-order valence-electron chi connectivity index (χ0n) is 10.5. The Hall–Kier alpha value is -1.26. The molecule has 1 aliphatic heterocycles. The lowest BCUT2D eigenvalue weighted by molar-refractivity contribution is -0.114. The van der Waals surface area contributed by atoms with Crippen molar-refractivity contribution < 1.29 is 4.79 Å². The lowest BCUT2D eigenvalue weighted by atomic mass is 10.1. The Morgan fingerprint density at radius 1 is 1.39 bits per heavy atom. The summed E-state index contributed by atoms with van der Waals surface area (Å²) in [6, 6.07) is 8.32. The number of anilines is 2. The highest BCUT2D eigenvalue weighted by atomic mass is 35.5. The summed E-state index contributed by atoms with van der Waals surface area (Å²) in [6.07, 6.45) is 2.40. The first-order valence-electron chi connectivity index (χ1n) is 6.09. The molecular weight excluding hydrogens is 250 g/mol. The summed E-state index contributed by atoms with van der Waals surface area (Å²) in [6.45, 7) is 3.64. The van der Waals surface area contributed by atoms with Gasteiger partial charge in [-0.2, -0.15) is 0 Å². The second-order valence-corrected chi connectivity index (χ2v) is 4.45. The number of carbonyl (C=O) groups excluding carboxylic acids is 1.